The van der Waals surface area contributed by atoms with Gasteiger partial charge >= 0.3 is 0 Å². The molecule has 8 heteroatoms. The summed E-state index contributed by atoms with van der Waals surface area (Å²) < 4.78 is 49.2. The Morgan fingerprint density at radius 2 is 1.05 bits per heavy atom. The Hall–Kier alpha value is -4.98. The molecule has 0 aliphatic carbocycles. The lowest BCUT2D eigenvalue weighted by Gasteiger charge is -2.47. The topological polar surface area (TPSA) is 73.8 Å². The number of benzene rings is 4. The van der Waals surface area contributed by atoms with E-state index in [9.17, 15) is 0 Å². The third-order valence-corrected chi connectivity index (χ3v) is 8.34. The number of rotatable bonds is 9. The van der Waals surface area contributed by atoms with Gasteiger partial charge in [-0.3, -0.25) is 0 Å². The molecule has 0 unspecified atom stereocenters. The molecular weight excluding hydrogens is 560 g/mol. The van der Waals surface area contributed by atoms with Crippen LogP contribution in [0.25, 0.3) is 6.08 Å². The first-order valence-electron chi connectivity index (χ1n) is 14.4. The van der Waals surface area contributed by atoms with Gasteiger partial charge in [0.2, 0.25) is 11.5 Å². The fraction of sp³-hybridized carbons (Fsp3) is 0.278. The predicted octanol–water partition coefficient (Wildman–Crippen LogP) is 7.42. The summed E-state index contributed by atoms with van der Waals surface area (Å²) in [6.07, 6.45) is 3.31. The molecule has 2 aliphatic rings. The molecule has 8 nitrogen and oxygen atoms in total. The molecule has 4 atom stereocenters. The molecule has 228 valence electrons. The Bertz CT molecular complexity index is 1650. The smallest absolute Gasteiger partial charge is 0.204 e. The maximum Gasteiger partial charge on any atom is 0.204 e. The monoisotopic (exact) mass is 596 g/mol. The van der Waals surface area contributed by atoms with E-state index in [4.69, 9.17) is 37.9 Å². The number of allylic oxidation sites excluding steroid dienone is 1. The van der Waals surface area contributed by atoms with Crippen molar-refractivity contribution in [2.45, 2.75) is 18.1 Å². The molecular formula is C36H36O8. The summed E-state index contributed by atoms with van der Waals surface area (Å²) in [5.41, 5.74) is 3.61. The molecule has 2 aliphatic heterocycles. The highest BCUT2D eigenvalue weighted by atomic mass is 16.6. The number of hydrogen-bond acceptors (Lipinski definition) is 8. The number of hydrogen-bond donors (Lipinski definition) is 0. The molecule has 0 saturated carbocycles. The van der Waals surface area contributed by atoms with Crippen LogP contribution in [0.2, 0.25) is 0 Å². The van der Waals surface area contributed by atoms with Gasteiger partial charge in [-0.2, -0.15) is 0 Å². The van der Waals surface area contributed by atoms with Crippen molar-refractivity contribution in [3.63, 3.8) is 0 Å². The zero-order valence-corrected chi connectivity index (χ0v) is 25.7. The van der Waals surface area contributed by atoms with Gasteiger partial charge in [0.25, 0.3) is 0 Å². The molecule has 6 rings (SSSR count). The Balaban J connectivity index is 1.68. The maximum absolute atomic E-state index is 7.04. The second-order valence-electron chi connectivity index (χ2n) is 10.5. The predicted molar refractivity (Wildman–Crippen MR) is 167 cm³/mol. The van der Waals surface area contributed by atoms with Gasteiger partial charge in [-0.25, -0.2) is 0 Å². The van der Waals surface area contributed by atoms with E-state index in [1.54, 1.807) is 48.7 Å². The van der Waals surface area contributed by atoms with Crippen molar-refractivity contribution in [3.8, 4) is 46.0 Å². The van der Waals surface area contributed by atoms with Gasteiger partial charge in [-0.1, -0.05) is 72.8 Å². The van der Waals surface area contributed by atoms with Crippen molar-refractivity contribution >= 4 is 6.08 Å². The molecule has 0 spiro atoms. The van der Waals surface area contributed by atoms with Crippen LogP contribution in [0.1, 0.15) is 40.4 Å². The summed E-state index contributed by atoms with van der Waals surface area (Å²) >= 11 is 0. The van der Waals surface area contributed by atoms with E-state index in [1.807, 2.05) is 42.5 Å². The maximum atomic E-state index is 7.04. The summed E-state index contributed by atoms with van der Waals surface area (Å²) in [4.78, 5) is 0. The minimum absolute atomic E-state index is 0.255. The largest absolute Gasteiger partial charge is 0.496 e. The Kier molecular flexibility index (Phi) is 8.15. The number of methoxy groups -OCH3 is 6. The molecule has 0 amide bonds. The second kappa shape index (κ2) is 12.3. The van der Waals surface area contributed by atoms with Crippen molar-refractivity contribution in [1.82, 2.24) is 0 Å². The Morgan fingerprint density at radius 1 is 0.545 bits per heavy atom. The average Bonchev–Trinajstić information content (AvgIpc) is 3.08. The highest BCUT2D eigenvalue weighted by Gasteiger charge is 2.53. The summed E-state index contributed by atoms with van der Waals surface area (Å²) in [6, 6.07) is 24.0. The van der Waals surface area contributed by atoms with E-state index in [-0.39, 0.29) is 11.8 Å². The van der Waals surface area contributed by atoms with E-state index in [2.05, 4.69) is 36.4 Å². The van der Waals surface area contributed by atoms with Crippen LogP contribution < -0.4 is 37.9 Å². The van der Waals surface area contributed by atoms with Gasteiger partial charge in [-0.15, -0.1) is 0 Å². The lowest BCUT2D eigenvalue weighted by Crippen LogP contribution is -2.39. The first-order chi connectivity index (χ1) is 21.6. The zero-order chi connectivity index (χ0) is 30.8. The van der Waals surface area contributed by atoms with Crippen LogP contribution in [0.4, 0.5) is 0 Å². The molecule has 44 heavy (non-hydrogen) atoms. The number of fused-ring (bicyclic) bond motifs is 4. The number of ether oxygens (including phenoxy) is 8. The van der Waals surface area contributed by atoms with Gasteiger partial charge in [-0.05, 0) is 11.1 Å². The van der Waals surface area contributed by atoms with Gasteiger partial charge in [0.1, 0.15) is 23.7 Å². The van der Waals surface area contributed by atoms with E-state index in [1.165, 1.54) is 0 Å². The molecule has 4 aromatic carbocycles. The van der Waals surface area contributed by atoms with E-state index in [0.29, 0.717) is 46.0 Å². The van der Waals surface area contributed by atoms with Crippen molar-refractivity contribution in [3.05, 3.63) is 101 Å². The minimum atomic E-state index is -0.553. The molecule has 2 heterocycles. The van der Waals surface area contributed by atoms with Crippen molar-refractivity contribution in [2.75, 3.05) is 42.7 Å². The third-order valence-electron chi connectivity index (χ3n) is 8.34. The lowest BCUT2D eigenvalue weighted by molar-refractivity contribution is -0.0138. The van der Waals surface area contributed by atoms with Gasteiger partial charge in [0, 0.05) is 23.6 Å². The van der Waals surface area contributed by atoms with E-state index >= 15 is 0 Å². The molecule has 0 aromatic heterocycles. The van der Waals surface area contributed by atoms with Crippen LogP contribution in [0.3, 0.4) is 0 Å². The van der Waals surface area contributed by atoms with Crippen molar-refractivity contribution < 1.29 is 37.9 Å². The lowest BCUT2D eigenvalue weighted by atomic mass is 9.70. The fourth-order valence-corrected chi connectivity index (χ4v) is 6.39. The fourth-order valence-electron chi connectivity index (χ4n) is 6.39. The normalized spacial score (nSPS) is 19.9. The van der Waals surface area contributed by atoms with Crippen LogP contribution in [0.5, 0.6) is 46.0 Å². The van der Waals surface area contributed by atoms with E-state index in [0.717, 1.165) is 22.3 Å². The molecule has 4 aromatic rings. The summed E-state index contributed by atoms with van der Waals surface area (Å²) in [6.45, 7) is 0. The average molecular weight is 597 g/mol. The zero-order valence-electron chi connectivity index (χ0n) is 25.7. The first kappa shape index (κ1) is 29.1. The quantitative estimate of drug-likeness (QED) is 0.198. The van der Waals surface area contributed by atoms with Crippen LogP contribution in [-0.4, -0.2) is 42.7 Å². The van der Waals surface area contributed by atoms with Crippen molar-refractivity contribution in [2.24, 2.45) is 5.92 Å². The highest BCUT2D eigenvalue weighted by Crippen LogP contribution is 2.65. The van der Waals surface area contributed by atoms with Crippen LogP contribution in [0.15, 0.2) is 78.9 Å². The Labute approximate surface area is 257 Å². The SMILES string of the molecule is COc1cc(OC)c2c(c1OC)O[C@H]1c3c(OC)cc(OC)c(OC)c3O[C@H](c3ccccc3)[C@H]1[C@@H]2/C=C/c1ccccc1. The first-order valence-corrected chi connectivity index (χ1v) is 14.4. The molecule has 0 radical (unpaired) electrons. The summed E-state index contributed by atoms with van der Waals surface area (Å²) in [5, 5.41) is 0. The highest BCUT2D eigenvalue weighted by molar-refractivity contribution is 5.69. The summed E-state index contributed by atoms with van der Waals surface area (Å²) in [5.74, 6) is 3.62. The van der Waals surface area contributed by atoms with Crippen LogP contribution in [-0.2, 0) is 0 Å². The third kappa shape index (κ3) is 4.80. The molecule has 0 saturated heterocycles. The summed E-state index contributed by atoms with van der Waals surface area (Å²) in [7, 11) is 9.65. The minimum Gasteiger partial charge on any atom is -0.496 e. The standard InChI is InChI=1S/C36H36O8/c1-37-24-19-26(39-3)32(41-5)35-28(24)23(18-17-21-13-9-7-10-14-21)29-31(22-15-11-8-12-16-22)43-36-30(34(29)44-35)25(38-2)20-27(40-4)33(36)42-6/h7-20,23,29,31,34H,1-6H3/b18-17+/t23-,29-,31-,34-/m1/s1. The van der Waals surface area contributed by atoms with Crippen molar-refractivity contribution in [1.29, 1.82) is 0 Å². The van der Waals surface area contributed by atoms with E-state index < -0.39 is 12.2 Å². The van der Waals surface area contributed by atoms with Crippen LogP contribution in [0, 0.1) is 5.92 Å². The van der Waals surface area contributed by atoms with Gasteiger partial charge in [0.05, 0.1) is 54.1 Å². The molecule has 0 fully saturated rings. The molecule has 0 bridgehead atoms. The Morgan fingerprint density at radius 3 is 1.59 bits per heavy atom. The van der Waals surface area contributed by atoms with Gasteiger partial charge in [0.15, 0.2) is 23.0 Å². The van der Waals surface area contributed by atoms with Gasteiger partial charge < -0.3 is 37.9 Å². The molecule has 0 N–H and O–H groups in total. The van der Waals surface area contributed by atoms with Crippen LogP contribution >= 0.6 is 0 Å². The second-order valence-corrected chi connectivity index (χ2v) is 10.5.